The van der Waals surface area contributed by atoms with Crippen molar-refractivity contribution in [1.29, 1.82) is 0 Å². The van der Waals surface area contributed by atoms with E-state index in [1.807, 2.05) is 31.3 Å². The Morgan fingerprint density at radius 3 is 2.81 bits per heavy atom. The van der Waals surface area contributed by atoms with Crippen molar-refractivity contribution in [3.05, 3.63) is 40.4 Å². The van der Waals surface area contributed by atoms with Gasteiger partial charge in [-0.05, 0) is 39.1 Å². The molecule has 0 aromatic heterocycles. The Balaban J connectivity index is 2.78. The molecule has 1 N–H and O–H groups in total. The van der Waals surface area contributed by atoms with Crippen LogP contribution in [0, 0.1) is 0 Å². The predicted octanol–water partition coefficient (Wildman–Crippen LogP) is 3.40. The second kappa shape index (κ2) is 6.56. The molecule has 0 fully saturated rings. The summed E-state index contributed by atoms with van der Waals surface area (Å²) in [5.74, 6) is 0.847. The summed E-state index contributed by atoms with van der Waals surface area (Å²) in [7, 11) is 1.89. The van der Waals surface area contributed by atoms with Gasteiger partial charge in [0.05, 0.1) is 0 Å². The number of hydrogen-bond donors (Lipinski definition) is 1. The summed E-state index contributed by atoms with van der Waals surface area (Å²) in [6.45, 7) is 5.40. The zero-order valence-electron chi connectivity index (χ0n) is 10.0. The third-order valence-electron chi connectivity index (χ3n) is 2.16. The van der Waals surface area contributed by atoms with Crippen molar-refractivity contribution >= 4 is 11.6 Å². The summed E-state index contributed by atoms with van der Waals surface area (Å²) < 4.78 is 5.68. The third kappa shape index (κ3) is 3.87. The van der Waals surface area contributed by atoms with Crippen molar-refractivity contribution < 1.29 is 4.74 Å². The molecule has 16 heavy (non-hydrogen) atoms. The van der Waals surface area contributed by atoms with Crippen molar-refractivity contribution in [1.82, 2.24) is 5.32 Å². The number of ether oxygens (including phenoxy) is 1. The Morgan fingerprint density at radius 1 is 1.44 bits per heavy atom. The van der Waals surface area contributed by atoms with Gasteiger partial charge in [0, 0.05) is 17.1 Å². The average Bonchev–Trinajstić information content (AvgIpc) is 2.22. The molecule has 0 aliphatic heterocycles. The Bertz CT molecular complexity index is 370. The molecule has 1 aromatic carbocycles. The molecule has 0 saturated heterocycles. The summed E-state index contributed by atoms with van der Waals surface area (Å²) in [4.78, 5) is 0. The largest absolute Gasteiger partial charge is 0.489 e. The monoisotopic (exact) mass is 239 g/mol. The molecule has 0 aliphatic carbocycles. The molecule has 3 heteroatoms. The van der Waals surface area contributed by atoms with Gasteiger partial charge >= 0.3 is 0 Å². The molecule has 0 amide bonds. The van der Waals surface area contributed by atoms with Crippen molar-refractivity contribution in [3.8, 4) is 5.75 Å². The van der Waals surface area contributed by atoms with Gasteiger partial charge in [-0.15, -0.1) is 0 Å². The Labute approximate surface area is 102 Å². The van der Waals surface area contributed by atoms with Gasteiger partial charge < -0.3 is 10.1 Å². The fraction of sp³-hybridized carbons (Fsp3) is 0.385. The van der Waals surface area contributed by atoms with Gasteiger partial charge in [-0.25, -0.2) is 0 Å². The SMILES string of the molecule is CNCc1c(Cl)cccc1OCC=C(C)C. The second-order valence-corrected chi connectivity index (χ2v) is 4.25. The molecule has 0 spiro atoms. The average molecular weight is 240 g/mol. The van der Waals surface area contributed by atoms with Crippen LogP contribution in [0.3, 0.4) is 0 Å². The number of hydrogen-bond acceptors (Lipinski definition) is 2. The zero-order valence-corrected chi connectivity index (χ0v) is 10.8. The molecule has 0 atom stereocenters. The van der Waals surface area contributed by atoms with Crippen LogP contribution in [0.4, 0.5) is 0 Å². The number of halogens is 1. The van der Waals surface area contributed by atoms with Crippen LogP contribution in [0.25, 0.3) is 0 Å². The fourth-order valence-corrected chi connectivity index (χ4v) is 1.55. The number of rotatable bonds is 5. The lowest BCUT2D eigenvalue weighted by Gasteiger charge is -2.11. The highest BCUT2D eigenvalue weighted by Crippen LogP contribution is 2.26. The van der Waals surface area contributed by atoms with Gasteiger partial charge in [-0.1, -0.05) is 23.2 Å². The topological polar surface area (TPSA) is 21.3 Å². The smallest absolute Gasteiger partial charge is 0.125 e. The van der Waals surface area contributed by atoms with E-state index >= 15 is 0 Å². The predicted molar refractivity (Wildman–Crippen MR) is 69.1 cm³/mol. The molecule has 2 nitrogen and oxygen atoms in total. The minimum Gasteiger partial charge on any atom is -0.489 e. The Hall–Kier alpha value is -0.990. The van der Waals surface area contributed by atoms with Crippen molar-refractivity contribution in [2.75, 3.05) is 13.7 Å². The van der Waals surface area contributed by atoms with Gasteiger partial charge in [-0.2, -0.15) is 0 Å². The summed E-state index contributed by atoms with van der Waals surface area (Å²) in [5, 5.41) is 3.82. The van der Waals surface area contributed by atoms with Crippen LogP contribution >= 0.6 is 11.6 Å². The third-order valence-corrected chi connectivity index (χ3v) is 2.51. The maximum Gasteiger partial charge on any atom is 0.125 e. The standard InChI is InChI=1S/C13H18ClNO/c1-10(2)7-8-16-13-6-4-5-12(14)11(13)9-15-3/h4-7,15H,8-9H2,1-3H3. The highest BCUT2D eigenvalue weighted by atomic mass is 35.5. The highest BCUT2D eigenvalue weighted by Gasteiger charge is 2.06. The molecule has 0 aliphatic rings. The normalized spacial score (nSPS) is 10.0. The van der Waals surface area contributed by atoms with Gasteiger partial charge in [0.1, 0.15) is 12.4 Å². The van der Waals surface area contributed by atoms with Crippen LogP contribution in [0.5, 0.6) is 5.75 Å². The first-order valence-corrected chi connectivity index (χ1v) is 5.71. The van der Waals surface area contributed by atoms with E-state index in [1.165, 1.54) is 5.57 Å². The number of nitrogens with one attached hydrogen (secondary N) is 1. The molecule has 0 unspecified atom stereocenters. The first-order chi connectivity index (χ1) is 7.65. The second-order valence-electron chi connectivity index (χ2n) is 3.84. The van der Waals surface area contributed by atoms with Gasteiger partial charge in [0.25, 0.3) is 0 Å². The molecule has 0 radical (unpaired) electrons. The fourth-order valence-electron chi connectivity index (χ4n) is 1.32. The molecule has 0 bridgehead atoms. The maximum atomic E-state index is 6.11. The number of allylic oxidation sites excluding steroid dienone is 1. The van der Waals surface area contributed by atoms with E-state index in [-0.39, 0.29) is 0 Å². The summed E-state index contributed by atoms with van der Waals surface area (Å²) in [6, 6.07) is 5.72. The first-order valence-electron chi connectivity index (χ1n) is 5.33. The van der Waals surface area contributed by atoms with Crippen LogP contribution in [0.2, 0.25) is 5.02 Å². The van der Waals surface area contributed by atoms with E-state index in [2.05, 4.69) is 19.2 Å². The lowest BCUT2D eigenvalue weighted by Crippen LogP contribution is -2.08. The van der Waals surface area contributed by atoms with E-state index in [4.69, 9.17) is 16.3 Å². The summed E-state index contributed by atoms with van der Waals surface area (Å²) in [6.07, 6.45) is 2.05. The minimum atomic E-state index is 0.583. The molecular weight excluding hydrogens is 222 g/mol. The molecular formula is C13H18ClNO. The lowest BCUT2D eigenvalue weighted by molar-refractivity contribution is 0.357. The van der Waals surface area contributed by atoms with Crippen LogP contribution < -0.4 is 10.1 Å². The van der Waals surface area contributed by atoms with Gasteiger partial charge in [0.15, 0.2) is 0 Å². The van der Waals surface area contributed by atoms with Crippen LogP contribution in [0.15, 0.2) is 29.8 Å². The summed E-state index contributed by atoms with van der Waals surface area (Å²) in [5.41, 5.74) is 2.26. The van der Waals surface area contributed by atoms with Crippen LogP contribution in [-0.2, 0) is 6.54 Å². The molecule has 88 valence electrons. The molecule has 1 aromatic rings. The maximum absolute atomic E-state index is 6.11. The van der Waals surface area contributed by atoms with E-state index in [0.29, 0.717) is 13.2 Å². The first kappa shape index (κ1) is 13.1. The zero-order chi connectivity index (χ0) is 12.0. The molecule has 0 saturated carbocycles. The number of benzene rings is 1. The van der Waals surface area contributed by atoms with E-state index < -0.39 is 0 Å². The minimum absolute atomic E-state index is 0.583. The summed E-state index contributed by atoms with van der Waals surface area (Å²) >= 11 is 6.11. The van der Waals surface area contributed by atoms with Crippen molar-refractivity contribution in [2.24, 2.45) is 0 Å². The Morgan fingerprint density at radius 2 is 2.19 bits per heavy atom. The van der Waals surface area contributed by atoms with Crippen LogP contribution in [-0.4, -0.2) is 13.7 Å². The molecule has 1 rings (SSSR count). The van der Waals surface area contributed by atoms with Gasteiger partial charge in [-0.3, -0.25) is 0 Å². The molecule has 0 heterocycles. The highest BCUT2D eigenvalue weighted by molar-refractivity contribution is 6.31. The van der Waals surface area contributed by atoms with Crippen LogP contribution in [0.1, 0.15) is 19.4 Å². The van der Waals surface area contributed by atoms with E-state index in [1.54, 1.807) is 0 Å². The quantitative estimate of drug-likeness (QED) is 0.796. The van der Waals surface area contributed by atoms with E-state index in [0.717, 1.165) is 16.3 Å². The lowest BCUT2D eigenvalue weighted by atomic mass is 10.2. The van der Waals surface area contributed by atoms with Crippen molar-refractivity contribution in [2.45, 2.75) is 20.4 Å². The van der Waals surface area contributed by atoms with E-state index in [9.17, 15) is 0 Å². The Kier molecular flexibility index (Phi) is 5.36. The van der Waals surface area contributed by atoms with Gasteiger partial charge in [0.2, 0.25) is 0 Å². The van der Waals surface area contributed by atoms with Crippen molar-refractivity contribution in [3.63, 3.8) is 0 Å².